The van der Waals surface area contributed by atoms with Crippen LogP contribution < -0.4 is 4.74 Å². The van der Waals surface area contributed by atoms with Gasteiger partial charge in [-0.15, -0.1) is 0 Å². The second kappa shape index (κ2) is 12.0. The monoisotopic (exact) mass is 551 g/mol. The van der Waals surface area contributed by atoms with E-state index in [1.165, 1.54) is 23.3 Å². The molecule has 0 spiro atoms. The van der Waals surface area contributed by atoms with Crippen LogP contribution in [-0.4, -0.2) is 11.4 Å². The van der Waals surface area contributed by atoms with Gasteiger partial charge in [-0.1, -0.05) is 78.9 Å². The number of rotatable bonds is 10. The Labute approximate surface area is 209 Å². The van der Waals surface area contributed by atoms with Crippen molar-refractivity contribution in [1.82, 2.24) is 4.90 Å². The minimum absolute atomic E-state index is 0.169. The third-order valence-corrected chi connectivity index (χ3v) is 6.19. The molecule has 0 amide bonds. The van der Waals surface area contributed by atoms with Crippen molar-refractivity contribution in [3.63, 3.8) is 0 Å². The van der Waals surface area contributed by atoms with E-state index in [4.69, 9.17) is 4.74 Å². The van der Waals surface area contributed by atoms with E-state index in [0.29, 0.717) is 0 Å². The molecular formula is C29H27FINO. The van der Waals surface area contributed by atoms with Crippen LogP contribution in [0.25, 0.3) is 0 Å². The summed E-state index contributed by atoms with van der Waals surface area (Å²) in [4.78, 5) is 2.44. The molecule has 0 fully saturated rings. The Bertz CT molecular complexity index is 1080. The summed E-state index contributed by atoms with van der Waals surface area (Å²) in [5, 5.41) is 0. The normalized spacial score (nSPS) is 12.0. The van der Waals surface area contributed by atoms with Crippen LogP contribution >= 0.6 is 22.6 Å². The van der Waals surface area contributed by atoms with Gasteiger partial charge in [-0.05, 0) is 69.6 Å². The number of ether oxygens (including phenoxy) is 1. The van der Waals surface area contributed by atoms with Gasteiger partial charge >= 0.3 is 0 Å². The molecule has 0 saturated carbocycles. The van der Waals surface area contributed by atoms with Gasteiger partial charge in [-0.3, -0.25) is 4.90 Å². The number of hydrogen-bond acceptors (Lipinski definition) is 2. The van der Waals surface area contributed by atoms with Gasteiger partial charge in [0.25, 0.3) is 0 Å². The van der Waals surface area contributed by atoms with Crippen LogP contribution in [0.15, 0.2) is 109 Å². The minimum atomic E-state index is -0.235. The Morgan fingerprint density at radius 1 is 0.727 bits per heavy atom. The van der Waals surface area contributed by atoms with Crippen LogP contribution in [0.3, 0.4) is 0 Å². The molecule has 4 aromatic carbocycles. The summed E-state index contributed by atoms with van der Waals surface area (Å²) in [6.07, 6.45) is 0.620. The zero-order valence-corrected chi connectivity index (χ0v) is 20.6. The Balaban J connectivity index is 1.53. The molecule has 1 atom stereocenters. The van der Waals surface area contributed by atoms with E-state index < -0.39 is 0 Å². The molecule has 0 aliphatic rings. The SMILES string of the molecule is Fc1ccc(C(CCN(Cc2ccccc2)Cc2ccccc2)Oc2cccc(I)c2)cc1. The summed E-state index contributed by atoms with van der Waals surface area (Å²) in [6, 6.07) is 35.8. The quantitative estimate of drug-likeness (QED) is 0.188. The molecule has 4 aromatic rings. The van der Waals surface area contributed by atoms with Crippen molar-refractivity contribution in [2.45, 2.75) is 25.6 Å². The molecular weight excluding hydrogens is 524 g/mol. The lowest BCUT2D eigenvalue weighted by Crippen LogP contribution is -2.26. The van der Waals surface area contributed by atoms with Crippen molar-refractivity contribution < 1.29 is 9.13 Å². The van der Waals surface area contributed by atoms with Crippen molar-refractivity contribution in [3.05, 3.63) is 135 Å². The van der Waals surface area contributed by atoms with Gasteiger partial charge in [0.1, 0.15) is 17.7 Å². The Kier molecular flexibility index (Phi) is 8.50. The maximum atomic E-state index is 13.6. The summed E-state index contributed by atoms with van der Waals surface area (Å²) in [6.45, 7) is 2.56. The summed E-state index contributed by atoms with van der Waals surface area (Å²) < 4.78 is 21.1. The molecule has 0 N–H and O–H groups in total. The van der Waals surface area contributed by atoms with Crippen molar-refractivity contribution in [1.29, 1.82) is 0 Å². The highest BCUT2D eigenvalue weighted by atomic mass is 127. The molecule has 168 valence electrons. The molecule has 0 saturated heterocycles. The lowest BCUT2D eigenvalue weighted by molar-refractivity contribution is 0.157. The van der Waals surface area contributed by atoms with Crippen molar-refractivity contribution in [2.24, 2.45) is 0 Å². The molecule has 4 rings (SSSR count). The van der Waals surface area contributed by atoms with Gasteiger partial charge < -0.3 is 4.74 Å². The first-order valence-electron chi connectivity index (χ1n) is 11.1. The fourth-order valence-corrected chi connectivity index (χ4v) is 4.39. The van der Waals surface area contributed by atoms with E-state index in [0.717, 1.165) is 40.9 Å². The average Bonchev–Trinajstić information content (AvgIpc) is 2.83. The van der Waals surface area contributed by atoms with E-state index >= 15 is 0 Å². The maximum absolute atomic E-state index is 13.6. The second-order valence-corrected chi connectivity index (χ2v) is 9.33. The van der Waals surface area contributed by atoms with Crippen LogP contribution in [-0.2, 0) is 13.1 Å². The van der Waals surface area contributed by atoms with Gasteiger partial charge in [0, 0.05) is 29.6 Å². The number of halogens is 2. The summed E-state index contributed by atoms with van der Waals surface area (Å²) >= 11 is 2.29. The maximum Gasteiger partial charge on any atom is 0.125 e. The molecule has 0 heterocycles. The third-order valence-electron chi connectivity index (χ3n) is 5.52. The van der Waals surface area contributed by atoms with Crippen molar-refractivity contribution in [3.8, 4) is 5.75 Å². The molecule has 0 aromatic heterocycles. The molecule has 33 heavy (non-hydrogen) atoms. The first-order chi connectivity index (χ1) is 16.2. The van der Waals surface area contributed by atoms with Gasteiger partial charge in [0.05, 0.1) is 0 Å². The molecule has 1 unspecified atom stereocenters. The summed E-state index contributed by atoms with van der Waals surface area (Å²) in [5.41, 5.74) is 3.55. The molecule has 0 radical (unpaired) electrons. The van der Waals surface area contributed by atoms with Crippen LogP contribution in [0, 0.1) is 9.39 Å². The first-order valence-corrected chi connectivity index (χ1v) is 12.2. The predicted molar refractivity (Wildman–Crippen MR) is 141 cm³/mol. The zero-order valence-electron chi connectivity index (χ0n) is 18.4. The van der Waals surface area contributed by atoms with Crippen molar-refractivity contribution in [2.75, 3.05) is 6.54 Å². The lowest BCUT2D eigenvalue weighted by atomic mass is 10.1. The van der Waals surface area contributed by atoms with Gasteiger partial charge in [0.2, 0.25) is 0 Å². The van der Waals surface area contributed by atoms with Gasteiger partial charge in [0.15, 0.2) is 0 Å². The van der Waals surface area contributed by atoms with E-state index in [9.17, 15) is 4.39 Å². The van der Waals surface area contributed by atoms with Crippen LogP contribution in [0.5, 0.6) is 5.75 Å². The molecule has 2 nitrogen and oxygen atoms in total. The van der Waals surface area contributed by atoms with E-state index in [-0.39, 0.29) is 11.9 Å². The van der Waals surface area contributed by atoms with Crippen molar-refractivity contribution >= 4 is 22.6 Å². The average molecular weight is 551 g/mol. The molecule has 0 bridgehead atoms. The smallest absolute Gasteiger partial charge is 0.125 e. The highest BCUT2D eigenvalue weighted by Crippen LogP contribution is 2.27. The second-order valence-electron chi connectivity index (χ2n) is 8.09. The molecule has 4 heteroatoms. The Morgan fingerprint density at radius 3 is 1.91 bits per heavy atom. The fraction of sp³-hybridized carbons (Fsp3) is 0.172. The van der Waals surface area contributed by atoms with Gasteiger partial charge in [-0.2, -0.15) is 0 Å². The lowest BCUT2D eigenvalue weighted by Gasteiger charge is -2.26. The highest BCUT2D eigenvalue weighted by Gasteiger charge is 2.17. The van der Waals surface area contributed by atoms with Crippen LogP contribution in [0.4, 0.5) is 4.39 Å². The summed E-state index contributed by atoms with van der Waals surface area (Å²) in [7, 11) is 0. The predicted octanol–water partition coefficient (Wildman–Crippen LogP) is 7.64. The largest absolute Gasteiger partial charge is 0.486 e. The summed E-state index contributed by atoms with van der Waals surface area (Å²) in [5.74, 6) is 0.593. The van der Waals surface area contributed by atoms with E-state index in [1.807, 2.05) is 48.5 Å². The van der Waals surface area contributed by atoms with Gasteiger partial charge in [-0.25, -0.2) is 4.39 Å². The number of hydrogen-bond donors (Lipinski definition) is 0. The highest BCUT2D eigenvalue weighted by molar-refractivity contribution is 14.1. The van der Waals surface area contributed by atoms with E-state index in [1.54, 1.807) is 0 Å². The number of nitrogens with zero attached hydrogens (tertiary/aromatic N) is 1. The molecule has 0 aliphatic carbocycles. The standard InChI is InChI=1S/C29H27FINO/c30-26-16-14-25(15-17-26)29(33-28-13-7-12-27(31)20-28)18-19-32(21-23-8-3-1-4-9-23)22-24-10-5-2-6-11-24/h1-17,20,29H,18-19,21-22H2. The number of benzene rings is 4. The fourth-order valence-electron chi connectivity index (χ4n) is 3.87. The van der Waals surface area contributed by atoms with E-state index in [2.05, 4.69) is 76.0 Å². The zero-order chi connectivity index (χ0) is 22.9. The third kappa shape index (κ3) is 7.41. The Morgan fingerprint density at radius 2 is 1.33 bits per heavy atom. The minimum Gasteiger partial charge on any atom is -0.486 e. The topological polar surface area (TPSA) is 12.5 Å². The van der Waals surface area contributed by atoms with Crippen LogP contribution in [0.1, 0.15) is 29.2 Å². The van der Waals surface area contributed by atoms with Crippen LogP contribution in [0.2, 0.25) is 0 Å². The molecule has 0 aliphatic heterocycles. The Hall–Kier alpha value is -2.70. The first kappa shape index (κ1) is 23.5.